The minimum atomic E-state index is 0.299. The van der Waals surface area contributed by atoms with Crippen LogP contribution in [0.1, 0.15) is 24.8 Å². The molecular weight excluding hydrogens is 266 g/mol. The molecule has 112 valence electrons. The molecular formula is C15H21N5O. The standard InChI is InChI=1S/C15H21N5O/c1-11(12-7-5-4-6-8-12)9-10-17-14-18-13(16-2)19-15(20-14)21-3/h4-8,11H,9-10H2,1-3H3,(H2,16,17,18,19,20). The first-order valence-electron chi connectivity index (χ1n) is 6.99. The van der Waals surface area contributed by atoms with E-state index in [1.165, 1.54) is 12.7 Å². The van der Waals surface area contributed by atoms with Crippen LogP contribution < -0.4 is 15.4 Å². The lowest BCUT2D eigenvalue weighted by molar-refractivity contribution is 0.379. The molecule has 0 spiro atoms. The molecule has 0 saturated carbocycles. The van der Waals surface area contributed by atoms with Crippen LogP contribution in [0.2, 0.25) is 0 Å². The van der Waals surface area contributed by atoms with Crippen molar-refractivity contribution in [1.82, 2.24) is 15.0 Å². The van der Waals surface area contributed by atoms with Gasteiger partial charge in [0, 0.05) is 13.6 Å². The number of methoxy groups -OCH3 is 1. The fourth-order valence-corrected chi connectivity index (χ4v) is 1.99. The van der Waals surface area contributed by atoms with Crippen LogP contribution in [0.3, 0.4) is 0 Å². The first kappa shape index (κ1) is 15.0. The summed E-state index contributed by atoms with van der Waals surface area (Å²) in [5.41, 5.74) is 1.34. The van der Waals surface area contributed by atoms with Crippen molar-refractivity contribution in [3.05, 3.63) is 35.9 Å². The predicted octanol–water partition coefficient (Wildman–Crippen LogP) is 2.53. The number of hydrogen-bond donors (Lipinski definition) is 2. The Balaban J connectivity index is 1.91. The number of nitrogens with zero attached hydrogens (tertiary/aromatic N) is 3. The third kappa shape index (κ3) is 4.30. The smallest absolute Gasteiger partial charge is 0.322 e. The molecule has 0 aliphatic rings. The van der Waals surface area contributed by atoms with Gasteiger partial charge >= 0.3 is 6.01 Å². The third-order valence-electron chi connectivity index (χ3n) is 3.25. The molecule has 21 heavy (non-hydrogen) atoms. The molecule has 1 aromatic heterocycles. The third-order valence-corrected chi connectivity index (χ3v) is 3.25. The Morgan fingerprint density at radius 1 is 1.10 bits per heavy atom. The van der Waals surface area contributed by atoms with Crippen LogP contribution in [0.25, 0.3) is 0 Å². The van der Waals surface area contributed by atoms with E-state index in [1.54, 1.807) is 7.05 Å². The lowest BCUT2D eigenvalue weighted by atomic mass is 9.98. The molecule has 1 unspecified atom stereocenters. The zero-order valence-corrected chi connectivity index (χ0v) is 12.6. The average Bonchev–Trinajstić information content (AvgIpc) is 2.55. The van der Waals surface area contributed by atoms with Crippen LogP contribution in [-0.2, 0) is 0 Å². The number of anilines is 2. The molecule has 0 radical (unpaired) electrons. The second-order valence-electron chi connectivity index (χ2n) is 4.75. The highest BCUT2D eigenvalue weighted by Gasteiger charge is 2.07. The van der Waals surface area contributed by atoms with Crippen LogP contribution in [0.15, 0.2) is 30.3 Å². The molecule has 0 aliphatic heterocycles. The van der Waals surface area contributed by atoms with E-state index < -0.39 is 0 Å². The summed E-state index contributed by atoms with van der Waals surface area (Å²) >= 11 is 0. The van der Waals surface area contributed by atoms with Gasteiger partial charge in [-0.1, -0.05) is 37.3 Å². The number of aromatic nitrogens is 3. The van der Waals surface area contributed by atoms with Gasteiger partial charge in [-0.15, -0.1) is 0 Å². The van der Waals surface area contributed by atoms with Crippen LogP contribution in [0.5, 0.6) is 6.01 Å². The van der Waals surface area contributed by atoms with Crippen molar-refractivity contribution in [3.63, 3.8) is 0 Å². The van der Waals surface area contributed by atoms with Gasteiger partial charge in [0.25, 0.3) is 0 Å². The second-order valence-corrected chi connectivity index (χ2v) is 4.75. The molecule has 2 rings (SSSR count). The number of nitrogens with one attached hydrogen (secondary N) is 2. The highest BCUT2D eigenvalue weighted by Crippen LogP contribution is 2.18. The Kier molecular flexibility index (Phi) is 5.31. The number of hydrogen-bond acceptors (Lipinski definition) is 6. The maximum Gasteiger partial charge on any atom is 0.322 e. The van der Waals surface area contributed by atoms with Crippen LogP contribution >= 0.6 is 0 Å². The molecule has 0 aliphatic carbocycles. The van der Waals surface area contributed by atoms with Gasteiger partial charge in [-0.25, -0.2) is 0 Å². The van der Waals surface area contributed by atoms with E-state index in [0.29, 0.717) is 23.8 Å². The summed E-state index contributed by atoms with van der Waals surface area (Å²) in [7, 11) is 3.30. The minimum Gasteiger partial charge on any atom is -0.467 e. The molecule has 0 fully saturated rings. The van der Waals surface area contributed by atoms with Crippen molar-refractivity contribution in [2.75, 3.05) is 31.3 Å². The predicted molar refractivity (Wildman–Crippen MR) is 83.9 cm³/mol. The molecule has 1 atom stereocenters. The summed E-state index contributed by atoms with van der Waals surface area (Å²) in [6.07, 6.45) is 0.993. The fraction of sp³-hybridized carbons (Fsp3) is 0.400. The second kappa shape index (κ2) is 7.42. The average molecular weight is 287 g/mol. The highest BCUT2D eigenvalue weighted by atomic mass is 16.5. The van der Waals surface area contributed by atoms with E-state index in [2.05, 4.69) is 56.8 Å². The maximum absolute atomic E-state index is 5.05. The lowest BCUT2D eigenvalue weighted by Gasteiger charge is -2.12. The molecule has 1 aromatic carbocycles. The van der Waals surface area contributed by atoms with Gasteiger partial charge in [0.1, 0.15) is 0 Å². The van der Waals surface area contributed by atoms with Gasteiger partial charge < -0.3 is 15.4 Å². The Bertz CT molecular complexity index is 539. The van der Waals surface area contributed by atoms with Gasteiger partial charge in [-0.2, -0.15) is 15.0 Å². The van der Waals surface area contributed by atoms with Crippen molar-refractivity contribution in [2.45, 2.75) is 19.3 Å². The van der Waals surface area contributed by atoms with Crippen LogP contribution in [0, 0.1) is 0 Å². The zero-order chi connectivity index (χ0) is 15.1. The van der Waals surface area contributed by atoms with Crippen molar-refractivity contribution < 1.29 is 4.74 Å². The molecule has 0 bridgehead atoms. The molecule has 2 aromatic rings. The van der Waals surface area contributed by atoms with Crippen molar-refractivity contribution >= 4 is 11.9 Å². The maximum atomic E-state index is 5.05. The largest absolute Gasteiger partial charge is 0.467 e. The number of benzene rings is 1. The van der Waals surface area contributed by atoms with E-state index in [1.807, 2.05) is 6.07 Å². The zero-order valence-electron chi connectivity index (χ0n) is 12.6. The molecule has 1 heterocycles. The SMILES string of the molecule is CNc1nc(NCCC(C)c2ccccc2)nc(OC)n1. The first-order valence-corrected chi connectivity index (χ1v) is 6.99. The summed E-state index contributed by atoms with van der Waals surface area (Å²) in [4.78, 5) is 12.5. The van der Waals surface area contributed by atoms with E-state index in [0.717, 1.165) is 13.0 Å². The molecule has 0 amide bonds. The number of rotatable bonds is 7. The summed E-state index contributed by atoms with van der Waals surface area (Å²) < 4.78 is 5.05. The van der Waals surface area contributed by atoms with E-state index in [9.17, 15) is 0 Å². The lowest BCUT2D eigenvalue weighted by Crippen LogP contribution is -2.11. The van der Waals surface area contributed by atoms with Crippen molar-refractivity contribution in [2.24, 2.45) is 0 Å². The van der Waals surface area contributed by atoms with Gasteiger partial charge in [0.05, 0.1) is 7.11 Å². The first-order chi connectivity index (χ1) is 10.2. The van der Waals surface area contributed by atoms with Crippen LogP contribution in [-0.4, -0.2) is 35.7 Å². The molecule has 2 N–H and O–H groups in total. The fourth-order valence-electron chi connectivity index (χ4n) is 1.99. The van der Waals surface area contributed by atoms with E-state index in [-0.39, 0.29) is 0 Å². The molecule has 0 saturated heterocycles. The van der Waals surface area contributed by atoms with Crippen molar-refractivity contribution in [1.29, 1.82) is 0 Å². The normalized spacial score (nSPS) is 11.8. The summed E-state index contributed by atoms with van der Waals surface area (Å²) in [5.74, 6) is 1.48. The Hall–Kier alpha value is -2.37. The Morgan fingerprint density at radius 2 is 1.81 bits per heavy atom. The minimum absolute atomic E-state index is 0.299. The summed E-state index contributed by atoms with van der Waals surface area (Å²) in [6, 6.07) is 10.8. The topological polar surface area (TPSA) is 72.0 Å². The monoisotopic (exact) mass is 287 g/mol. The summed E-state index contributed by atoms with van der Waals surface area (Å²) in [6.45, 7) is 3.00. The van der Waals surface area contributed by atoms with E-state index >= 15 is 0 Å². The van der Waals surface area contributed by atoms with Gasteiger partial charge in [0.2, 0.25) is 11.9 Å². The van der Waals surface area contributed by atoms with Crippen molar-refractivity contribution in [3.8, 4) is 6.01 Å². The van der Waals surface area contributed by atoms with E-state index in [4.69, 9.17) is 4.74 Å². The van der Waals surface area contributed by atoms with Gasteiger partial charge in [-0.05, 0) is 17.9 Å². The molecule has 6 heteroatoms. The highest BCUT2D eigenvalue weighted by molar-refractivity contribution is 5.35. The number of ether oxygens (including phenoxy) is 1. The Morgan fingerprint density at radius 3 is 2.48 bits per heavy atom. The Labute approximate surface area is 125 Å². The summed E-state index contributed by atoms with van der Waals surface area (Å²) in [5, 5.41) is 6.10. The van der Waals surface area contributed by atoms with Gasteiger partial charge in [-0.3, -0.25) is 0 Å². The molecule has 6 nitrogen and oxygen atoms in total. The van der Waals surface area contributed by atoms with Crippen LogP contribution in [0.4, 0.5) is 11.9 Å². The van der Waals surface area contributed by atoms with Gasteiger partial charge in [0.15, 0.2) is 0 Å². The quantitative estimate of drug-likeness (QED) is 0.815.